The van der Waals surface area contributed by atoms with Gasteiger partial charge in [0, 0.05) is 12.5 Å². The molecule has 1 atom stereocenters. The summed E-state index contributed by atoms with van der Waals surface area (Å²) in [7, 11) is -3.45. The van der Waals surface area contributed by atoms with Crippen molar-refractivity contribution in [3.05, 3.63) is 35.9 Å². The van der Waals surface area contributed by atoms with Gasteiger partial charge in [-0.15, -0.1) is 0 Å². The second kappa shape index (κ2) is 7.25. The minimum Gasteiger partial charge on any atom is -0.481 e. The largest absolute Gasteiger partial charge is 0.481 e. The molecule has 1 unspecified atom stereocenters. The van der Waals surface area contributed by atoms with E-state index in [0.717, 1.165) is 5.56 Å². The Kier molecular flexibility index (Phi) is 5.98. The summed E-state index contributed by atoms with van der Waals surface area (Å²) in [4.78, 5) is 10.4. The SMILES string of the molecule is CCC(NS(=O)(=O)CCCC(=O)O)c1ccccc1. The van der Waals surface area contributed by atoms with E-state index >= 15 is 0 Å². The van der Waals surface area contributed by atoms with Gasteiger partial charge in [-0.05, 0) is 18.4 Å². The van der Waals surface area contributed by atoms with Gasteiger partial charge in [0.1, 0.15) is 0 Å². The highest BCUT2D eigenvalue weighted by atomic mass is 32.2. The van der Waals surface area contributed by atoms with Crippen molar-refractivity contribution in [2.45, 2.75) is 32.2 Å². The number of carboxylic acids is 1. The third-order valence-corrected chi connectivity index (χ3v) is 4.21. The Morgan fingerprint density at radius 1 is 1.32 bits per heavy atom. The Labute approximate surface area is 113 Å². The highest BCUT2D eigenvalue weighted by Gasteiger charge is 2.18. The van der Waals surface area contributed by atoms with Gasteiger partial charge in [-0.2, -0.15) is 0 Å². The summed E-state index contributed by atoms with van der Waals surface area (Å²) in [5, 5.41) is 8.50. The predicted molar refractivity (Wildman–Crippen MR) is 73.3 cm³/mol. The zero-order valence-corrected chi connectivity index (χ0v) is 11.7. The van der Waals surface area contributed by atoms with Gasteiger partial charge in [0.15, 0.2) is 0 Å². The monoisotopic (exact) mass is 285 g/mol. The van der Waals surface area contributed by atoms with Crippen LogP contribution < -0.4 is 4.72 Å². The number of aliphatic carboxylic acids is 1. The van der Waals surface area contributed by atoms with E-state index < -0.39 is 16.0 Å². The van der Waals surface area contributed by atoms with Crippen LogP contribution in [0.1, 0.15) is 37.8 Å². The Balaban J connectivity index is 2.62. The van der Waals surface area contributed by atoms with Crippen molar-refractivity contribution in [3.63, 3.8) is 0 Å². The van der Waals surface area contributed by atoms with Crippen molar-refractivity contribution < 1.29 is 18.3 Å². The number of rotatable bonds is 8. The maximum absolute atomic E-state index is 11.9. The number of nitrogens with one attached hydrogen (secondary N) is 1. The smallest absolute Gasteiger partial charge is 0.303 e. The summed E-state index contributed by atoms with van der Waals surface area (Å²) < 4.78 is 26.3. The Morgan fingerprint density at radius 3 is 2.47 bits per heavy atom. The lowest BCUT2D eigenvalue weighted by molar-refractivity contribution is -0.137. The fraction of sp³-hybridized carbons (Fsp3) is 0.462. The van der Waals surface area contributed by atoms with Crippen molar-refractivity contribution in [2.24, 2.45) is 0 Å². The first-order chi connectivity index (χ1) is 8.94. The molecule has 0 fully saturated rings. The number of carbonyl (C=O) groups is 1. The molecule has 0 radical (unpaired) electrons. The first-order valence-electron chi connectivity index (χ1n) is 6.21. The lowest BCUT2D eigenvalue weighted by Gasteiger charge is -2.17. The van der Waals surface area contributed by atoms with Crippen LogP contribution in [0, 0.1) is 0 Å². The molecule has 0 bridgehead atoms. The van der Waals surface area contributed by atoms with Gasteiger partial charge in [-0.1, -0.05) is 37.3 Å². The summed E-state index contributed by atoms with van der Waals surface area (Å²) >= 11 is 0. The lowest BCUT2D eigenvalue weighted by Crippen LogP contribution is -2.30. The minimum absolute atomic E-state index is 0.121. The molecule has 0 aliphatic heterocycles. The van der Waals surface area contributed by atoms with Gasteiger partial charge in [-0.25, -0.2) is 13.1 Å². The van der Waals surface area contributed by atoms with Crippen LogP contribution in [0.25, 0.3) is 0 Å². The van der Waals surface area contributed by atoms with E-state index in [1.54, 1.807) is 0 Å². The second-order valence-corrected chi connectivity index (χ2v) is 6.18. The molecule has 0 aromatic heterocycles. The molecule has 1 rings (SSSR count). The van der Waals surface area contributed by atoms with Gasteiger partial charge in [0.25, 0.3) is 0 Å². The van der Waals surface area contributed by atoms with Crippen LogP contribution in [-0.2, 0) is 14.8 Å². The Hall–Kier alpha value is -1.40. The molecule has 0 heterocycles. The topological polar surface area (TPSA) is 83.5 Å². The van der Waals surface area contributed by atoms with Crippen LogP contribution >= 0.6 is 0 Å². The fourth-order valence-corrected chi connectivity index (χ4v) is 3.14. The third kappa shape index (κ3) is 5.85. The van der Waals surface area contributed by atoms with Crippen molar-refractivity contribution >= 4 is 16.0 Å². The normalized spacial score (nSPS) is 13.1. The highest BCUT2D eigenvalue weighted by Crippen LogP contribution is 2.17. The molecule has 5 nitrogen and oxygen atoms in total. The lowest BCUT2D eigenvalue weighted by atomic mass is 10.1. The standard InChI is InChI=1S/C13H19NO4S/c1-2-12(11-7-4-3-5-8-11)14-19(17,18)10-6-9-13(15)16/h3-5,7-8,12,14H,2,6,9-10H2,1H3,(H,15,16). The average molecular weight is 285 g/mol. The molecular weight excluding hydrogens is 266 g/mol. The maximum Gasteiger partial charge on any atom is 0.303 e. The minimum atomic E-state index is -3.45. The zero-order chi connectivity index (χ0) is 14.3. The number of sulfonamides is 1. The number of benzene rings is 1. The summed E-state index contributed by atoms with van der Waals surface area (Å²) in [5.41, 5.74) is 0.909. The molecule has 0 saturated heterocycles. The maximum atomic E-state index is 11.9. The molecule has 0 aliphatic carbocycles. The number of hydrogen-bond donors (Lipinski definition) is 2. The van der Waals surface area contributed by atoms with Gasteiger partial charge in [0.2, 0.25) is 10.0 Å². The molecule has 0 amide bonds. The van der Waals surface area contributed by atoms with E-state index in [1.165, 1.54) is 0 Å². The molecule has 0 spiro atoms. The van der Waals surface area contributed by atoms with E-state index in [1.807, 2.05) is 37.3 Å². The highest BCUT2D eigenvalue weighted by molar-refractivity contribution is 7.89. The van der Waals surface area contributed by atoms with E-state index in [2.05, 4.69) is 4.72 Å². The predicted octanol–water partition coefficient (Wildman–Crippen LogP) is 1.92. The average Bonchev–Trinajstić information content (AvgIpc) is 2.36. The van der Waals surface area contributed by atoms with Crippen LogP contribution in [0.5, 0.6) is 0 Å². The second-order valence-electron chi connectivity index (χ2n) is 4.31. The summed E-state index contributed by atoms with van der Waals surface area (Å²) in [6, 6.07) is 9.06. The first-order valence-corrected chi connectivity index (χ1v) is 7.86. The van der Waals surface area contributed by atoms with Crippen LogP contribution in [0.4, 0.5) is 0 Å². The molecule has 106 valence electrons. The molecule has 0 saturated carbocycles. The van der Waals surface area contributed by atoms with Crippen molar-refractivity contribution in [3.8, 4) is 0 Å². The number of hydrogen-bond acceptors (Lipinski definition) is 3. The van der Waals surface area contributed by atoms with Gasteiger partial charge >= 0.3 is 5.97 Å². The van der Waals surface area contributed by atoms with Crippen molar-refractivity contribution in [1.82, 2.24) is 4.72 Å². The zero-order valence-electron chi connectivity index (χ0n) is 10.9. The first kappa shape index (κ1) is 15.7. The van der Waals surface area contributed by atoms with E-state index in [4.69, 9.17) is 5.11 Å². The van der Waals surface area contributed by atoms with Crippen LogP contribution in [0.15, 0.2) is 30.3 Å². The molecule has 1 aromatic carbocycles. The third-order valence-electron chi connectivity index (χ3n) is 2.74. The molecular formula is C13H19NO4S. The van der Waals surface area contributed by atoms with Gasteiger partial charge < -0.3 is 5.11 Å². The fourth-order valence-electron chi connectivity index (χ4n) is 1.76. The summed E-state index contributed by atoms with van der Waals surface area (Å²) in [5.74, 6) is -1.15. The van der Waals surface area contributed by atoms with Crippen LogP contribution in [-0.4, -0.2) is 25.2 Å². The molecule has 1 aromatic rings. The van der Waals surface area contributed by atoms with Gasteiger partial charge in [0.05, 0.1) is 5.75 Å². The van der Waals surface area contributed by atoms with Crippen molar-refractivity contribution in [1.29, 1.82) is 0 Å². The molecule has 2 N–H and O–H groups in total. The van der Waals surface area contributed by atoms with Gasteiger partial charge in [-0.3, -0.25) is 4.79 Å². The van der Waals surface area contributed by atoms with Crippen molar-refractivity contribution in [2.75, 3.05) is 5.75 Å². The molecule has 19 heavy (non-hydrogen) atoms. The van der Waals surface area contributed by atoms with E-state index in [9.17, 15) is 13.2 Å². The Bertz CT molecular complexity index is 499. The summed E-state index contributed by atoms with van der Waals surface area (Å²) in [6.45, 7) is 1.90. The molecule has 0 aliphatic rings. The quantitative estimate of drug-likeness (QED) is 0.764. The number of carboxylic acid groups (broad SMARTS) is 1. The van der Waals surface area contributed by atoms with Crippen LogP contribution in [0.3, 0.4) is 0 Å². The van der Waals surface area contributed by atoms with E-state index in [0.29, 0.717) is 6.42 Å². The molecule has 6 heteroatoms. The Morgan fingerprint density at radius 2 is 1.95 bits per heavy atom. The van der Waals surface area contributed by atoms with Crippen LogP contribution in [0.2, 0.25) is 0 Å². The van der Waals surface area contributed by atoms with E-state index in [-0.39, 0.29) is 24.6 Å². The summed E-state index contributed by atoms with van der Waals surface area (Å²) in [6.07, 6.45) is 0.626.